The Bertz CT molecular complexity index is 270. The van der Waals surface area contributed by atoms with E-state index in [4.69, 9.17) is 5.73 Å². The van der Waals surface area contributed by atoms with Crippen LogP contribution >= 0.6 is 0 Å². The third-order valence-corrected chi connectivity index (χ3v) is 5.27. The highest BCUT2D eigenvalue weighted by Crippen LogP contribution is 2.61. The number of amides is 1. The van der Waals surface area contributed by atoms with Crippen LogP contribution in [-0.2, 0) is 4.79 Å². The summed E-state index contributed by atoms with van der Waals surface area (Å²) < 4.78 is 0. The van der Waals surface area contributed by atoms with Gasteiger partial charge in [-0.25, -0.2) is 0 Å². The highest BCUT2D eigenvalue weighted by Gasteiger charge is 2.56. The molecule has 78 valence electrons. The van der Waals surface area contributed by atoms with Crippen molar-refractivity contribution in [1.29, 1.82) is 0 Å². The van der Waals surface area contributed by atoms with Gasteiger partial charge in [-0.2, -0.15) is 0 Å². The van der Waals surface area contributed by atoms with Crippen molar-refractivity contribution in [3.63, 3.8) is 0 Å². The second-order valence-corrected chi connectivity index (χ2v) is 5.97. The van der Waals surface area contributed by atoms with Crippen molar-refractivity contribution < 1.29 is 4.79 Å². The van der Waals surface area contributed by atoms with E-state index in [2.05, 4.69) is 6.92 Å². The molecular weight excluding hydrogens is 174 g/mol. The Labute approximate surface area is 85.2 Å². The van der Waals surface area contributed by atoms with E-state index in [0.717, 1.165) is 42.9 Å². The molecule has 1 amide bonds. The SMILES string of the molecule is CC1C2CC3CC1CC(C(N)=O)(C3)C2. The van der Waals surface area contributed by atoms with E-state index in [1.807, 2.05) is 0 Å². The molecule has 0 spiro atoms. The number of hydrogen-bond acceptors (Lipinski definition) is 1. The molecule has 0 aromatic carbocycles. The van der Waals surface area contributed by atoms with Crippen molar-refractivity contribution in [3.05, 3.63) is 0 Å². The van der Waals surface area contributed by atoms with Gasteiger partial charge in [-0.1, -0.05) is 6.92 Å². The first-order chi connectivity index (χ1) is 6.61. The van der Waals surface area contributed by atoms with Gasteiger partial charge in [0, 0.05) is 5.41 Å². The Morgan fingerprint density at radius 2 is 1.79 bits per heavy atom. The van der Waals surface area contributed by atoms with Crippen LogP contribution in [0.5, 0.6) is 0 Å². The monoisotopic (exact) mass is 193 g/mol. The summed E-state index contributed by atoms with van der Waals surface area (Å²) in [5, 5.41) is 0. The molecule has 0 radical (unpaired) electrons. The molecule has 0 aliphatic heterocycles. The van der Waals surface area contributed by atoms with E-state index in [-0.39, 0.29) is 11.3 Å². The molecule has 4 aliphatic rings. The highest BCUT2D eigenvalue weighted by molar-refractivity contribution is 5.81. The average Bonchev–Trinajstić information content (AvgIpc) is 2.12. The highest BCUT2D eigenvalue weighted by atomic mass is 16.1. The van der Waals surface area contributed by atoms with E-state index in [1.165, 1.54) is 12.8 Å². The molecule has 2 heteroatoms. The average molecular weight is 193 g/mol. The van der Waals surface area contributed by atoms with Gasteiger partial charge >= 0.3 is 0 Å². The molecule has 0 aromatic rings. The van der Waals surface area contributed by atoms with Crippen molar-refractivity contribution in [2.24, 2.45) is 34.8 Å². The van der Waals surface area contributed by atoms with Gasteiger partial charge in [0.25, 0.3) is 0 Å². The maximum Gasteiger partial charge on any atom is 0.223 e. The number of hydrogen-bond donors (Lipinski definition) is 1. The third-order valence-electron chi connectivity index (χ3n) is 5.27. The third kappa shape index (κ3) is 0.945. The summed E-state index contributed by atoms with van der Waals surface area (Å²) in [6.45, 7) is 2.38. The predicted octanol–water partition coefficient (Wildman–Crippen LogP) is 1.93. The summed E-state index contributed by atoms with van der Waals surface area (Å²) in [5.41, 5.74) is 5.52. The number of rotatable bonds is 1. The van der Waals surface area contributed by atoms with E-state index in [9.17, 15) is 4.79 Å². The van der Waals surface area contributed by atoms with Gasteiger partial charge in [0.05, 0.1) is 0 Å². The fraction of sp³-hybridized carbons (Fsp3) is 0.917. The van der Waals surface area contributed by atoms with Crippen molar-refractivity contribution in [3.8, 4) is 0 Å². The first-order valence-electron chi connectivity index (χ1n) is 5.91. The molecule has 0 saturated heterocycles. The summed E-state index contributed by atoms with van der Waals surface area (Å²) in [6.07, 6.45) is 6.02. The summed E-state index contributed by atoms with van der Waals surface area (Å²) in [4.78, 5) is 11.6. The van der Waals surface area contributed by atoms with E-state index < -0.39 is 0 Å². The van der Waals surface area contributed by atoms with Gasteiger partial charge < -0.3 is 5.73 Å². The molecular formula is C12H19NO. The van der Waals surface area contributed by atoms with Crippen LogP contribution < -0.4 is 5.73 Å². The minimum atomic E-state index is -0.0803. The molecule has 2 N–H and O–H groups in total. The standard InChI is InChI=1S/C12H19NO/c1-7-9-2-8-3-10(7)6-12(4-8,5-9)11(13)14/h7-10H,2-6H2,1H3,(H2,13,14). The maximum atomic E-state index is 11.6. The fourth-order valence-electron chi connectivity index (χ4n) is 4.58. The minimum absolute atomic E-state index is 0.0104. The largest absolute Gasteiger partial charge is 0.369 e. The van der Waals surface area contributed by atoms with E-state index >= 15 is 0 Å². The Morgan fingerprint density at radius 1 is 1.21 bits per heavy atom. The Hall–Kier alpha value is -0.530. The van der Waals surface area contributed by atoms with Crippen molar-refractivity contribution >= 4 is 5.91 Å². The number of primary amides is 1. The van der Waals surface area contributed by atoms with Crippen LogP contribution in [0.2, 0.25) is 0 Å². The molecule has 2 nitrogen and oxygen atoms in total. The topological polar surface area (TPSA) is 43.1 Å². The molecule has 0 aromatic heterocycles. The van der Waals surface area contributed by atoms with Crippen LogP contribution in [0, 0.1) is 29.1 Å². The van der Waals surface area contributed by atoms with Gasteiger partial charge in [-0.05, 0) is 55.8 Å². The van der Waals surface area contributed by atoms with Gasteiger partial charge in [0.15, 0.2) is 0 Å². The molecule has 0 heterocycles. The number of nitrogens with two attached hydrogens (primary N) is 1. The lowest BCUT2D eigenvalue weighted by molar-refractivity contribution is -0.148. The maximum absolute atomic E-state index is 11.6. The lowest BCUT2D eigenvalue weighted by Crippen LogP contribution is -2.55. The molecule has 2 atom stereocenters. The molecule has 4 fully saturated rings. The minimum Gasteiger partial charge on any atom is -0.369 e. The normalized spacial score (nSPS) is 54.9. The zero-order chi connectivity index (χ0) is 9.92. The van der Waals surface area contributed by atoms with Gasteiger partial charge in [-0.15, -0.1) is 0 Å². The fourth-order valence-corrected chi connectivity index (χ4v) is 4.58. The zero-order valence-electron chi connectivity index (χ0n) is 8.83. The van der Waals surface area contributed by atoms with Crippen LogP contribution in [0.25, 0.3) is 0 Å². The molecule has 4 aliphatic carbocycles. The second kappa shape index (κ2) is 2.53. The lowest BCUT2D eigenvalue weighted by Gasteiger charge is -2.58. The summed E-state index contributed by atoms with van der Waals surface area (Å²) in [7, 11) is 0. The summed E-state index contributed by atoms with van der Waals surface area (Å²) in [6, 6.07) is 0. The van der Waals surface area contributed by atoms with Crippen LogP contribution in [0.15, 0.2) is 0 Å². The predicted molar refractivity (Wildman–Crippen MR) is 54.3 cm³/mol. The van der Waals surface area contributed by atoms with Crippen LogP contribution in [0.4, 0.5) is 0 Å². The van der Waals surface area contributed by atoms with Gasteiger partial charge in [0.1, 0.15) is 0 Å². The molecule has 14 heavy (non-hydrogen) atoms. The first kappa shape index (κ1) is 8.75. The second-order valence-electron chi connectivity index (χ2n) is 5.97. The molecule has 4 saturated carbocycles. The molecule has 4 bridgehead atoms. The summed E-state index contributed by atoms with van der Waals surface area (Å²) in [5.74, 6) is 3.25. The van der Waals surface area contributed by atoms with Gasteiger partial charge in [-0.3, -0.25) is 4.79 Å². The lowest BCUT2D eigenvalue weighted by atomic mass is 9.46. The quantitative estimate of drug-likeness (QED) is 0.679. The van der Waals surface area contributed by atoms with Crippen molar-refractivity contribution in [1.82, 2.24) is 0 Å². The van der Waals surface area contributed by atoms with Crippen LogP contribution in [0.1, 0.15) is 39.0 Å². The van der Waals surface area contributed by atoms with Crippen molar-refractivity contribution in [2.75, 3.05) is 0 Å². The molecule has 4 rings (SSSR count). The molecule has 2 unspecified atom stereocenters. The zero-order valence-corrected chi connectivity index (χ0v) is 8.83. The first-order valence-corrected chi connectivity index (χ1v) is 5.91. The Kier molecular flexibility index (Phi) is 1.58. The van der Waals surface area contributed by atoms with Crippen LogP contribution in [0.3, 0.4) is 0 Å². The van der Waals surface area contributed by atoms with E-state index in [0.29, 0.717) is 0 Å². The van der Waals surface area contributed by atoms with Gasteiger partial charge in [0.2, 0.25) is 5.91 Å². The van der Waals surface area contributed by atoms with Crippen molar-refractivity contribution in [2.45, 2.75) is 39.0 Å². The Balaban J connectivity index is 1.96. The number of carbonyl (C=O) groups is 1. The van der Waals surface area contributed by atoms with E-state index in [1.54, 1.807) is 0 Å². The number of carbonyl (C=O) groups excluding carboxylic acids is 1. The smallest absolute Gasteiger partial charge is 0.223 e. The Morgan fingerprint density at radius 3 is 2.29 bits per heavy atom. The summed E-state index contributed by atoms with van der Waals surface area (Å²) >= 11 is 0. The van der Waals surface area contributed by atoms with Crippen LogP contribution in [-0.4, -0.2) is 5.91 Å².